The maximum Gasteiger partial charge on any atom is 0.265 e. The fraction of sp³-hybridized carbons (Fsp3) is 0.250. The van der Waals surface area contributed by atoms with Crippen LogP contribution in [-0.2, 0) is 14.6 Å². The molecule has 1 atom stereocenters. The zero-order valence-electron chi connectivity index (χ0n) is 14.8. The number of hydrogen-bond donors (Lipinski definition) is 0. The molecule has 1 amide bonds. The highest BCUT2D eigenvalue weighted by molar-refractivity contribution is 7.94. The van der Waals surface area contributed by atoms with Gasteiger partial charge in [0.1, 0.15) is 5.75 Å². The van der Waals surface area contributed by atoms with Gasteiger partial charge in [-0.15, -0.1) is 0 Å². The van der Waals surface area contributed by atoms with Gasteiger partial charge in [-0.2, -0.15) is 0 Å². The first-order valence-corrected chi connectivity index (χ1v) is 10.0. The van der Waals surface area contributed by atoms with E-state index in [0.29, 0.717) is 11.4 Å². The summed E-state index contributed by atoms with van der Waals surface area (Å²) in [7, 11) is -3.28. The standard InChI is InChI=1S/C20H21NO4S/c1-15-3-7-17(8-4-15)21(18-11-12-26(23,24)14-18)20(22)13-25-19-9-5-16(2)6-10-19/h3-12,18H,13-14H2,1-2H3. The highest BCUT2D eigenvalue weighted by Crippen LogP contribution is 2.24. The number of benzene rings is 2. The van der Waals surface area contributed by atoms with Crippen LogP contribution in [0.4, 0.5) is 5.69 Å². The minimum Gasteiger partial charge on any atom is -0.484 e. The Morgan fingerprint density at radius 1 is 1.04 bits per heavy atom. The predicted molar refractivity (Wildman–Crippen MR) is 102 cm³/mol. The summed E-state index contributed by atoms with van der Waals surface area (Å²) in [6.45, 7) is 3.76. The van der Waals surface area contributed by atoms with E-state index in [-0.39, 0.29) is 18.3 Å². The van der Waals surface area contributed by atoms with Gasteiger partial charge in [-0.05, 0) is 44.2 Å². The Balaban J connectivity index is 1.80. The van der Waals surface area contributed by atoms with Crippen molar-refractivity contribution in [2.75, 3.05) is 17.3 Å². The Labute approximate surface area is 153 Å². The summed E-state index contributed by atoms with van der Waals surface area (Å²) in [5.74, 6) is 0.195. The monoisotopic (exact) mass is 371 g/mol. The van der Waals surface area contributed by atoms with E-state index in [0.717, 1.165) is 11.1 Å². The lowest BCUT2D eigenvalue weighted by Gasteiger charge is -2.27. The number of hydrogen-bond acceptors (Lipinski definition) is 4. The van der Waals surface area contributed by atoms with E-state index in [1.54, 1.807) is 18.2 Å². The zero-order valence-corrected chi connectivity index (χ0v) is 15.6. The van der Waals surface area contributed by atoms with Crippen LogP contribution in [0.15, 0.2) is 60.0 Å². The minimum atomic E-state index is -3.28. The second kappa shape index (κ2) is 7.33. The molecule has 0 spiro atoms. The van der Waals surface area contributed by atoms with E-state index < -0.39 is 15.9 Å². The van der Waals surface area contributed by atoms with Gasteiger partial charge in [0, 0.05) is 11.1 Å². The topological polar surface area (TPSA) is 63.7 Å². The van der Waals surface area contributed by atoms with Crippen LogP contribution in [0.25, 0.3) is 0 Å². The highest BCUT2D eigenvalue weighted by Gasteiger charge is 2.31. The Hall–Kier alpha value is -2.60. The van der Waals surface area contributed by atoms with Crippen molar-refractivity contribution in [1.82, 2.24) is 0 Å². The van der Waals surface area contributed by atoms with Gasteiger partial charge in [0.05, 0.1) is 11.8 Å². The average molecular weight is 371 g/mol. The summed E-state index contributed by atoms with van der Waals surface area (Å²) < 4.78 is 29.2. The van der Waals surface area contributed by atoms with E-state index in [2.05, 4.69) is 0 Å². The van der Waals surface area contributed by atoms with Crippen LogP contribution in [0.5, 0.6) is 5.75 Å². The molecule has 1 heterocycles. The summed E-state index contributed by atoms with van der Waals surface area (Å²) >= 11 is 0. The quantitative estimate of drug-likeness (QED) is 0.810. The van der Waals surface area contributed by atoms with E-state index in [9.17, 15) is 13.2 Å². The maximum absolute atomic E-state index is 12.8. The Kier molecular flexibility index (Phi) is 5.13. The number of aryl methyl sites for hydroxylation is 2. The van der Waals surface area contributed by atoms with Gasteiger partial charge < -0.3 is 9.64 Å². The third-order valence-electron chi connectivity index (χ3n) is 4.21. The molecule has 0 N–H and O–H groups in total. The molecular weight excluding hydrogens is 350 g/mol. The number of nitrogens with zero attached hydrogens (tertiary/aromatic N) is 1. The zero-order chi connectivity index (χ0) is 18.7. The van der Waals surface area contributed by atoms with Crippen molar-refractivity contribution in [2.24, 2.45) is 0 Å². The van der Waals surface area contributed by atoms with E-state index >= 15 is 0 Å². The molecule has 0 fully saturated rings. The maximum atomic E-state index is 12.8. The van der Waals surface area contributed by atoms with Crippen LogP contribution < -0.4 is 9.64 Å². The first kappa shape index (κ1) is 18.2. The average Bonchev–Trinajstić information content (AvgIpc) is 2.96. The molecule has 0 radical (unpaired) electrons. The second-order valence-corrected chi connectivity index (χ2v) is 8.36. The van der Waals surface area contributed by atoms with Crippen molar-refractivity contribution in [2.45, 2.75) is 19.9 Å². The van der Waals surface area contributed by atoms with E-state index in [4.69, 9.17) is 4.74 Å². The number of ether oxygens (including phenoxy) is 1. The number of rotatable bonds is 5. The summed E-state index contributed by atoms with van der Waals surface area (Å²) in [6.07, 6.45) is 1.55. The van der Waals surface area contributed by atoms with E-state index in [1.807, 2.05) is 50.2 Å². The third kappa shape index (κ3) is 4.32. The van der Waals surface area contributed by atoms with Crippen molar-refractivity contribution in [1.29, 1.82) is 0 Å². The second-order valence-electron chi connectivity index (χ2n) is 6.43. The van der Waals surface area contributed by atoms with Crippen molar-refractivity contribution in [3.05, 3.63) is 71.1 Å². The van der Waals surface area contributed by atoms with Crippen LogP contribution in [-0.4, -0.2) is 32.7 Å². The third-order valence-corrected chi connectivity index (χ3v) is 5.58. The molecule has 136 valence electrons. The number of sulfone groups is 1. The molecular formula is C20H21NO4S. The summed E-state index contributed by atoms with van der Waals surface area (Å²) in [4.78, 5) is 14.3. The van der Waals surface area contributed by atoms with Gasteiger partial charge in [-0.1, -0.05) is 35.4 Å². The summed E-state index contributed by atoms with van der Waals surface area (Å²) in [5, 5.41) is 1.17. The van der Waals surface area contributed by atoms with Crippen LogP contribution in [0.2, 0.25) is 0 Å². The number of amides is 1. The normalized spacial score (nSPS) is 17.8. The van der Waals surface area contributed by atoms with Crippen molar-refractivity contribution >= 4 is 21.4 Å². The van der Waals surface area contributed by atoms with Crippen molar-refractivity contribution in [3.8, 4) is 5.75 Å². The Bertz CT molecular complexity index is 915. The molecule has 1 aliphatic heterocycles. The fourth-order valence-electron chi connectivity index (χ4n) is 2.80. The van der Waals surface area contributed by atoms with Crippen molar-refractivity contribution < 1.29 is 17.9 Å². The molecule has 26 heavy (non-hydrogen) atoms. The SMILES string of the molecule is Cc1ccc(OCC(=O)N(c2ccc(C)cc2)C2C=CS(=O)(=O)C2)cc1. The predicted octanol–water partition coefficient (Wildman–Crippen LogP) is 3.03. The lowest BCUT2D eigenvalue weighted by molar-refractivity contribution is -0.120. The first-order chi connectivity index (χ1) is 12.3. The number of carbonyl (C=O) groups excluding carboxylic acids is 1. The first-order valence-electron chi connectivity index (χ1n) is 8.33. The molecule has 0 aliphatic carbocycles. The van der Waals surface area contributed by atoms with Gasteiger partial charge >= 0.3 is 0 Å². The summed E-state index contributed by atoms with van der Waals surface area (Å²) in [6, 6.07) is 14.3. The number of carbonyl (C=O) groups is 1. The lowest BCUT2D eigenvalue weighted by atomic mass is 10.1. The molecule has 0 saturated carbocycles. The molecule has 1 aliphatic rings. The van der Waals surface area contributed by atoms with Gasteiger partial charge in [-0.3, -0.25) is 4.79 Å². The van der Waals surface area contributed by atoms with E-state index in [1.165, 1.54) is 10.3 Å². The molecule has 2 aromatic carbocycles. The lowest BCUT2D eigenvalue weighted by Crippen LogP contribution is -2.43. The van der Waals surface area contributed by atoms with Crippen LogP contribution >= 0.6 is 0 Å². The van der Waals surface area contributed by atoms with Crippen LogP contribution in [0, 0.1) is 13.8 Å². The molecule has 2 aromatic rings. The number of anilines is 1. The van der Waals surface area contributed by atoms with Gasteiger partial charge in [0.2, 0.25) is 0 Å². The Morgan fingerprint density at radius 2 is 1.62 bits per heavy atom. The molecule has 0 bridgehead atoms. The fourth-order valence-corrected chi connectivity index (χ4v) is 4.06. The minimum absolute atomic E-state index is 0.114. The highest BCUT2D eigenvalue weighted by atomic mass is 32.2. The molecule has 6 heteroatoms. The van der Waals surface area contributed by atoms with Gasteiger partial charge in [-0.25, -0.2) is 8.42 Å². The molecule has 1 unspecified atom stereocenters. The molecule has 5 nitrogen and oxygen atoms in total. The molecule has 0 saturated heterocycles. The van der Waals surface area contributed by atoms with Crippen LogP contribution in [0.1, 0.15) is 11.1 Å². The van der Waals surface area contributed by atoms with Crippen LogP contribution in [0.3, 0.4) is 0 Å². The molecule has 0 aromatic heterocycles. The largest absolute Gasteiger partial charge is 0.484 e. The van der Waals surface area contributed by atoms with Gasteiger partial charge in [0.25, 0.3) is 5.91 Å². The van der Waals surface area contributed by atoms with Gasteiger partial charge in [0.15, 0.2) is 16.4 Å². The summed E-state index contributed by atoms with van der Waals surface area (Å²) in [5.41, 5.74) is 2.82. The molecule has 3 rings (SSSR count). The Morgan fingerprint density at radius 3 is 2.15 bits per heavy atom. The smallest absolute Gasteiger partial charge is 0.265 e. The van der Waals surface area contributed by atoms with Crippen molar-refractivity contribution in [3.63, 3.8) is 0 Å².